The predicted molar refractivity (Wildman–Crippen MR) is 140 cm³/mol. The van der Waals surface area contributed by atoms with Crippen LogP contribution in [0.2, 0.25) is 0 Å². The van der Waals surface area contributed by atoms with E-state index < -0.39 is 10.1 Å². The van der Waals surface area contributed by atoms with Crippen molar-refractivity contribution in [1.29, 1.82) is 0 Å². The Morgan fingerprint density at radius 2 is 1.61 bits per heavy atom. The van der Waals surface area contributed by atoms with Crippen molar-refractivity contribution in [3.8, 4) is 0 Å². The van der Waals surface area contributed by atoms with E-state index in [9.17, 15) is 13.2 Å². The van der Waals surface area contributed by atoms with Crippen LogP contribution in [0.4, 0.5) is 0 Å². The Kier molecular flexibility index (Phi) is 6.85. The average molecular weight is 517 g/mol. The molecule has 0 aromatic heterocycles. The molecule has 1 aromatic carbocycles. The van der Waals surface area contributed by atoms with Crippen molar-refractivity contribution in [2.24, 2.45) is 40.4 Å². The van der Waals surface area contributed by atoms with Crippen LogP contribution >= 0.6 is 0 Å². The van der Waals surface area contributed by atoms with Crippen LogP contribution in [0.15, 0.2) is 29.2 Å². The molecule has 4 fully saturated rings. The first-order chi connectivity index (χ1) is 16.9. The lowest BCUT2D eigenvalue weighted by Gasteiger charge is -2.61. The van der Waals surface area contributed by atoms with Gasteiger partial charge < -0.3 is 4.74 Å². The van der Waals surface area contributed by atoms with E-state index in [0.717, 1.165) is 37.2 Å². The first-order valence-electron chi connectivity index (χ1n) is 14.1. The van der Waals surface area contributed by atoms with E-state index in [1.165, 1.54) is 39.0 Å². The van der Waals surface area contributed by atoms with Crippen LogP contribution in [-0.4, -0.2) is 26.6 Å². The van der Waals surface area contributed by atoms with E-state index >= 15 is 0 Å². The summed E-state index contributed by atoms with van der Waals surface area (Å²) in [6.07, 6.45) is 9.72. The highest BCUT2D eigenvalue weighted by atomic mass is 32.2. The Morgan fingerprint density at radius 3 is 2.31 bits per heavy atom. The second-order valence-electron chi connectivity index (χ2n) is 13.0. The fourth-order valence-electron chi connectivity index (χ4n) is 9.40. The van der Waals surface area contributed by atoms with Crippen molar-refractivity contribution in [2.45, 2.75) is 110 Å². The molecule has 36 heavy (non-hydrogen) atoms. The van der Waals surface area contributed by atoms with Crippen LogP contribution in [-0.2, 0) is 23.8 Å². The molecule has 200 valence electrons. The van der Waals surface area contributed by atoms with Crippen LogP contribution in [0.1, 0.15) is 91.0 Å². The van der Waals surface area contributed by atoms with Crippen molar-refractivity contribution >= 4 is 16.1 Å². The molecular weight excluding hydrogens is 472 g/mol. The maximum absolute atomic E-state index is 12.9. The normalized spacial score (nSPS) is 41.0. The lowest BCUT2D eigenvalue weighted by molar-refractivity contribution is -0.155. The number of carbonyl (C=O) groups excluding carboxylic acids is 1. The van der Waals surface area contributed by atoms with Crippen molar-refractivity contribution < 1.29 is 22.1 Å². The van der Waals surface area contributed by atoms with E-state index in [-0.39, 0.29) is 33.9 Å². The molecule has 0 saturated heterocycles. The summed E-state index contributed by atoms with van der Waals surface area (Å²) in [5.74, 6) is 2.94. The Labute approximate surface area is 217 Å². The van der Waals surface area contributed by atoms with Gasteiger partial charge in [0.15, 0.2) is 0 Å². The van der Waals surface area contributed by atoms with E-state index in [1.807, 2.05) is 19.1 Å². The zero-order chi connectivity index (χ0) is 25.9. The minimum Gasteiger partial charge on any atom is -0.463 e. The van der Waals surface area contributed by atoms with Gasteiger partial charge in [-0.15, -0.1) is 0 Å². The molecule has 0 amide bonds. The molecule has 1 aromatic rings. The smallest absolute Gasteiger partial charge is 0.302 e. The van der Waals surface area contributed by atoms with Gasteiger partial charge in [-0.25, -0.2) is 0 Å². The summed E-state index contributed by atoms with van der Waals surface area (Å²) < 4.78 is 37.4. The van der Waals surface area contributed by atoms with E-state index in [1.54, 1.807) is 12.1 Å². The van der Waals surface area contributed by atoms with E-state index in [0.29, 0.717) is 23.7 Å². The van der Waals surface area contributed by atoms with E-state index in [2.05, 4.69) is 20.8 Å². The lowest BCUT2D eigenvalue weighted by atomic mass is 9.44. The molecule has 0 N–H and O–H groups in total. The summed E-state index contributed by atoms with van der Waals surface area (Å²) in [7, 11) is -3.74. The van der Waals surface area contributed by atoms with Crippen molar-refractivity contribution in [3.63, 3.8) is 0 Å². The number of hydrogen-bond donors (Lipinski definition) is 0. The topological polar surface area (TPSA) is 69.7 Å². The highest BCUT2D eigenvalue weighted by Crippen LogP contribution is 2.68. The maximum Gasteiger partial charge on any atom is 0.302 e. The quantitative estimate of drug-likeness (QED) is 0.322. The monoisotopic (exact) mass is 516 g/mol. The third-order valence-corrected chi connectivity index (χ3v) is 12.6. The fourth-order valence-corrected chi connectivity index (χ4v) is 10.5. The molecule has 0 spiro atoms. The Hall–Kier alpha value is -1.40. The minimum atomic E-state index is -3.74. The third-order valence-electron chi connectivity index (χ3n) is 11.2. The highest BCUT2D eigenvalue weighted by Gasteiger charge is 2.61. The number of esters is 1. The van der Waals surface area contributed by atoms with Gasteiger partial charge in [-0.2, -0.15) is 8.42 Å². The van der Waals surface area contributed by atoms with Crippen molar-refractivity contribution in [2.75, 3.05) is 0 Å². The zero-order valence-electron chi connectivity index (χ0n) is 22.7. The molecular formula is C30H44O5S. The fraction of sp³-hybridized carbons (Fsp3) is 0.767. The molecule has 5 nitrogen and oxygen atoms in total. The van der Waals surface area contributed by atoms with Gasteiger partial charge in [-0.3, -0.25) is 8.98 Å². The molecule has 5 rings (SSSR count). The van der Waals surface area contributed by atoms with Gasteiger partial charge in [0.05, 0.1) is 11.0 Å². The molecule has 4 aliphatic rings. The van der Waals surface area contributed by atoms with Crippen LogP contribution < -0.4 is 0 Å². The second kappa shape index (κ2) is 9.41. The SMILES string of the molecule is CC(=O)OC(C)[C@H]1CC[C@H]2[C@@H]3CC[C@H]4C[C@@H](OS(=O)(=O)c5ccc(C)cc5)CC[C@]4(C)[C@H]3CC[C@]12C. The van der Waals surface area contributed by atoms with Crippen LogP contribution in [0.3, 0.4) is 0 Å². The number of hydrogen-bond acceptors (Lipinski definition) is 5. The van der Waals surface area contributed by atoms with Gasteiger partial charge in [0.1, 0.15) is 6.10 Å². The molecule has 9 atom stereocenters. The summed E-state index contributed by atoms with van der Waals surface area (Å²) in [5.41, 5.74) is 1.55. The zero-order valence-corrected chi connectivity index (χ0v) is 23.5. The van der Waals surface area contributed by atoms with E-state index in [4.69, 9.17) is 8.92 Å². The number of fused-ring (bicyclic) bond motifs is 5. The van der Waals surface area contributed by atoms with Gasteiger partial charge in [0, 0.05) is 12.8 Å². The van der Waals surface area contributed by atoms with Crippen LogP contribution in [0.5, 0.6) is 0 Å². The molecule has 0 aliphatic heterocycles. The van der Waals surface area contributed by atoms with Crippen molar-refractivity contribution in [1.82, 2.24) is 0 Å². The Morgan fingerprint density at radius 1 is 0.944 bits per heavy atom. The van der Waals surface area contributed by atoms with Gasteiger partial charge >= 0.3 is 5.97 Å². The standard InChI is InChI=1S/C30H44O5S/c1-19-6-9-24(10-7-19)36(32,33)35-23-14-16-29(4)22(18-23)8-11-25-27-13-12-26(20(2)34-21(3)31)30(27,5)17-15-28(25)29/h6-7,9-10,20,22-23,25-28H,8,11-18H2,1-5H3/t20?,22-,23-,25-,26+,27-,28-,29-,30+/m0/s1. The minimum absolute atomic E-state index is 0.0101. The second-order valence-corrected chi connectivity index (χ2v) is 14.5. The van der Waals surface area contributed by atoms with Gasteiger partial charge in [-0.05, 0) is 118 Å². The Bertz CT molecular complexity index is 1080. The highest BCUT2D eigenvalue weighted by molar-refractivity contribution is 7.86. The third kappa shape index (κ3) is 4.44. The van der Waals surface area contributed by atoms with Crippen LogP contribution in [0.25, 0.3) is 0 Å². The summed E-state index contributed by atoms with van der Waals surface area (Å²) in [5, 5.41) is 0. The van der Waals surface area contributed by atoms with Gasteiger partial charge in [0.2, 0.25) is 0 Å². The molecule has 4 aliphatic carbocycles. The van der Waals surface area contributed by atoms with Gasteiger partial charge in [0.25, 0.3) is 10.1 Å². The first-order valence-corrected chi connectivity index (χ1v) is 15.5. The molecule has 4 saturated carbocycles. The molecule has 6 heteroatoms. The number of rotatable bonds is 5. The first kappa shape index (κ1) is 26.2. The summed E-state index contributed by atoms with van der Waals surface area (Å²) in [6.45, 7) is 10.5. The predicted octanol–water partition coefficient (Wildman–Crippen LogP) is 6.68. The summed E-state index contributed by atoms with van der Waals surface area (Å²) in [4.78, 5) is 11.9. The number of carbonyl (C=O) groups is 1. The summed E-state index contributed by atoms with van der Waals surface area (Å²) in [6, 6.07) is 6.96. The number of benzene rings is 1. The summed E-state index contributed by atoms with van der Waals surface area (Å²) >= 11 is 0. The average Bonchev–Trinajstić information content (AvgIpc) is 3.16. The molecule has 0 bridgehead atoms. The molecule has 0 radical (unpaired) electrons. The largest absolute Gasteiger partial charge is 0.463 e. The lowest BCUT2D eigenvalue weighted by Crippen LogP contribution is -2.54. The maximum atomic E-state index is 12.9. The van der Waals surface area contributed by atoms with Crippen molar-refractivity contribution in [3.05, 3.63) is 29.8 Å². The number of aryl methyl sites for hydroxylation is 1. The number of ether oxygens (including phenoxy) is 1. The molecule has 1 unspecified atom stereocenters. The molecule has 0 heterocycles. The van der Waals surface area contributed by atoms with Crippen LogP contribution in [0, 0.1) is 47.3 Å². The van der Waals surface area contributed by atoms with Gasteiger partial charge in [-0.1, -0.05) is 31.5 Å². The Balaban J connectivity index is 1.28.